The summed E-state index contributed by atoms with van der Waals surface area (Å²) in [4.78, 5) is 2.72. The fourth-order valence-electron chi connectivity index (χ4n) is 1.01. The van der Waals surface area contributed by atoms with E-state index in [-0.39, 0.29) is 6.04 Å². The van der Waals surface area contributed by atoms with Gasteiger partial charge in [-0.2, -0.15) is 0 Å². The smallest absolute Gasteiger partial charge is 0.0422 e. The summed E-state index contributed by atoms with van der Waals surface area (Å²) in [5.74, 6) is 0. The molecule has 0 saturated heterocycles. The summed E-state index contributed by atoms with van der Waals surface area (Å²) in [5.41, 5.74) is 15.4. The molecule has 0 fully saturated rings. The third kappa shape index (κ3) is 1.75. The lowest BCUT2D eigenvalue weighted by Crippen LogP contribution is -2.04. The van der Waals surface area contributed by atoms with Crippen molar-refractivity contribution >= 4 is 5.69 Å². The Labute approximate surface area is 70.6 Å². The summed E-state index contributed by atoms with van der Waals surface area (Å²) >= 11 is 0. The SMILES string of the molecule is C[C@H](N)c1ccccc1N=[N+]=[N-]. The van der Waals surface area contributed by atoms with Gasteiger partial charge >= 0.3 is 0 Å². The van der Waals surface area contributed by atoms with Crippen LogP contribution in [0.1, 0.15) is 18.5 Å². The molecule has 1 aromatic carbocycles. The molecule has 1 rings (SSSR count). The maximum Gasteiger partial charge on any atom is 0.0422 e. The van der Waals surface area contributed by atoms with E-state index < -0.39 is 0 Å². The summed E-state index contributed by atoms with van der Waals surface area (Å²) in [6.07, 6.45) is 0. The van der Waals surface area contributed by atoms with E-state index in [1.54, 1.807) is 6.07 Å². The number of hydrogen-bond donors (Lipinski definition) is 1. The average molecular weight is 162 g/mol. The second-order valence-electron chi connectivity index (χ2n) is 2.54. The molecule has 0 amide bonds. The highest BCUT2D eigenvalue weighted by Crippen LogP contribution is 2.23. The summed E-state index contributed by atoms with van der Waals surface area (Å²) in [7, 11) is 0. The molecule has 0 aliphatic rings. The number of rotatable bonds is 2. The van der Waals surface area contributed by atoms with Crippen molar-refractivity contribution in [3.05, 3.63) is 40.3 Å². The molecule has 4 nitrogen and oxygen atoms in total. The first-order valence-electron chi connectivity index (χ1n) is 3.65. The van der Waals surface area contributed by atoms with E-state index in [0.717, 1.165) is 5.56 Å². The normalized spacial score (nSPS) is 11.8. The van der Waals surface area contributed by atoms with E-state index in [0.29, 0.717) is 5.69 Å². The summed E-state index contributed by atoms with van der Waals surface area (Å²) in [6.45, 7) is 1.85. The lowest BCUT2D eigenvalue weighted by Gasteiger charge is -2.07. The lowest BCUT2D eigenvalue weighted by molar-refractivity contribution is 0.818. The lowest BCUT2D eigenvalue weighted by atomic mass is 10.1. The predicted molar refractivity (Wildman–Crippen MR) is 47.9 cm³/mol. The number of hydrogen-bond acceptors (Lipinski definition) is 2. The van der Waals surface area contributed by atoms with Crippen LogP contribution in [-0.2, 0) is 0 Å². The van der Waals surface area contributed by atoms with Gasteiger partial charge in [-0.1, -0.05) is 29.4 Å². The predicted octanol–water partition coefficient (Wildman–Crippen LogP) is 2.65. The first-order valence-corrected chi connectivity index (χ1v) is 3.65. The number of benzene rings is 1. The highest BCUT2D eigenvalue weighted by molar-refractivity contribution is 5.46. The molecule has 0 unspecified atom stereocenters. The number of nitrogens with two attached hydrogens (primary N) is 1. The van der Waals surface area contributed by atoms with Gasteiger partial charge in [0, 0.05) is 16.6 Å². The minimum absolute atomic E-state index is 0.105. The summed E-state index contributed by atoms with van der Waals surface area (Å²) in [5, 5.41) is 3.53. The van der Waals surface area contributed by atoms with Crippen LogP contribution < -0.4 is 5.73 Å². The van der Waals surface area contributed by atoms with Gasteiger partial charge in [0.1, 0.15) is 0 Å². The average Bonchev–Trinajstić information content (AvgIpc) is 2.05. The van der Waals surface area contributed by atoms with E-state index in [1.165, 1.54) is 0 Å². The van der Waals surface area contributed by atoms with Gasteiger partial charge in [0.25, 0.3) is 0 Å². The van der Waals surface area contributed by atoms with E-state index in [4.69, 9.17) is 11.3 Å². The second-order valence-corrected chi connectivity index (χ2v) is 2.54. The van der Waals surface area contributed by atoms with Crippen LogP contribution >= 0.6 is 0 Å². The number of nitrogens with zero attached hydrogens (tertiary/aromatic N) is 3. The fourth-order valence-corrected chi connectivity index (χ4v) is 1.01. The van der Waals surface area contributed by atoms with Crippen LogP contribution in [0.5, 0.6) is 0 Å². The highest BCUT2D eigenvalue weighted by Gasteiger charge is 2.02. The molecule has 12 heavy (non-hydrogen) atoms. The van der Waals surface area contributed by atoms with E-state index in [2.05, 4.69) is 10.0 Å². The van der Waals surface area contributed by atoms with Crippen molar-refractivity contribution in [2.45, 2.75) is 13.0 Å². The summed E-state index contributed by atoms with van der Waals surface area (Å²) in [6, 6.07) is 7.18. The zero-order valence-electron chi connectivity index (χ0n) is 6.81. The van der Waals surface area contributed by atoms with Gasteiger partial charge in [0.2, 0.25) is 0 Å². The zero-order valence-corrected chi connectivity index (χ0v) is 6.81. The maximum absolute atomic E-state index is 8.24. The van der Waals surface area contributed by atoms with Crippen molar-refractivity contribution in [1.29, 1.82) is 0 Å². The van der Waals surface area contributed by atoms with Gasteiger partial charge in [-0.3, -0.25) is 0 Å². The fraction of sp³-hybridized carbons (Fsp3) is 0.250. The van der Waals surface area contributed by atoms with Crippen molar-refractivity contribution in [2.75, 3.05) is 0 Å². The minimum atomic E-state index is -0.105. The maximum atomic E-state index is 8.24. The van der Waals surface area contributed by atoms with Crippen LogP contribution in [0.15, 0.2) is 29.4 Å². The van der Waals surface area contributed by atoms with Crippen LogP contribution in [0.2, 0.25) is 0 Å². The molecule has 0 radical (unpaired) electrons. The Morgan fingerprint density at radius 1 is 1.50 bits per heavy atom. The molecule has 1 atom stereocenters. The van der Waals surface area contributed by atoms with E-state index in [1.807, 2.05) is 25.1 Å². The molecule has 0 aliphatic carbocycles. The van der Waals surface area contributed by atoms with Gasteiger partial charge in [0.05, 0.1) is 0 Å². The standard InChI is InChI=1S/C8H10N4/c1-6(9)7-4-2-3-5-8(7)11-12-10/h2-6H,9H2,1H3/t6-/m0/s1. The molecule has 1 aromatic rings. The zero-order chi connectivity index (χ0) is 8.97. The van der Waals surface area contributed by atoms with Crippen molar-refractivity contribution in [3.63, 3.8) is 0 Å². The topological polar surface area (TPSA) is 74.8 Å². The first kappa shape index (κ1) is 8.59. The Hall–Kier alpha value is -1.51. The van der Waals surface area contributed by atoms with E-state index in [9.17, 15) is 0 Å². The molecule has 2 N–H and O–H groups in total. The van der Waals surface area contributed by atoms with E-state index >= 15 is 0 Å². The Balaban J connectivity index is 3.17. The van der Waals surface area contributed by atoms with Crippen molar-refractivity contribution < 1.29 is 0 Å². The molecular weight excluding hydrogens is 152 g/mol. The quantitative estimate of drug-likeness (QED) is 0.405. The third-order valence-electron chi connectivity index (χ3n) is 1.58. The highest BCUT2D eigenvalue weighted by atomic mass is 15.1. The number of azide groups is 1. The second kappa shape index (κ2) is 3.76. The Morgan fingerprint density at radius 3 is 2.75 bits per heavy atom. The Kier molecular flexibility index (Phi) is 2.69. The molecule has 0 heterocycles. The van der Waals surface area contributed by atoms with Crippen LogP contribution in [-0.4, -0.2) is 0 Å². The molecular formula is C8H10N4. The molecule has 0 aliphatic heterocycles. The van der Waals surface area contributed by atoms with Gasteiger partial charge in [-0.05, 0) is 18.0 Å². The monoisotopic (exact) mass is 162 g/mol. The van der Waals surface area contributed by atoms with Crippen molar-refractivity contribution in [3.8, 4) is 0 Å². The molecule has 4 heteroatoms. The van der Waals surface area contributed by atoms with Crippen LogP contribution in [0, 0.1) is 0 Å². The van der Waals surface area contributed by atoms with Crippen molar-refractivity contribution in [2.24, 2.45) is 10.8 Å². The first-order chi connectivity index (χ1) is 5.75. The van der Waals surface area contributed by atoms with Gasteiger partial charge < -0.3 is 5.73 Å². The Morgan fingerprint density at radius 2 is 2.17 bits per heavy atom. The molecule has 62 valence electrons. The molecule has 0 aromatic heterocycles. The van der Waals surface area contributed by atoms with Gasteiger partial charge in [0.15, 0.2) is 0 Å². The largest absolute Gasteiger partial charge is 0.324 e. The van der Waals surface area contributed by atoms with Gasteiger partial charge in [-0.15, -0.1) is 0 Å². The Bertz CT molecular complexity index is 313. The molecule has 0 spiro atoms. The van der Waals surface area contributed by atoms with Gasteiger partial charge in [-0.25, -0.2) is 0 Å². The van der Waals surface area contributed by atoms with Crippen LogP contribution in [0.25, 0.3) is 10.4 Å². The van der Waals surface area contributed by atoms with Crippen molar-refractivity contribution in [1.82, 2.24) is 0 Å². The molecule has 0 bridgehead atoms. The van der Waals surface area contributed by atoms with Crippen LogP contribution in [0.3, 0.4) is 0 Å². The minimum Gasteiger partial charge on any atom is -0.324 e. The van der Waals surface area contributed by atoms with Crippen LogP contribution in [0.4, 0.5) is 5.69 Å². The third-order valence-corrected chi connectivity index (χ3v) is 1.58. The summed E-state index contributed by atoms with van der Waals surface area (Å²) < 4.78 is 0. The molecule has 0 saturated carbocycles.